The van der Waals surface area contributed by atoms with Crippen LogP contribution < -0.4 is 10.6 Å². The van der Waals surface area contributed by atoms with Crippen LogP contribution in [0.25, 0.3) is 0 Å². The van der Waals surface area contributed by atoms with Crippen LogP contribution in [0.15, 0.2) is 6.07 Å². The van der Waals surface area contributed by atoms with Crippen molar-refractivity contribution in [3.63, 3.8) is 0 Å². The summed E-state index contributed by atoms with van der Waals surface area (Å²) in [6, 6.07) is 1.42. The van der Waals surface area contributed by atoms with Crippen molar-refractivity contribution in [1.29, 1.82) is 0 Å². The Balaban J connectivity index is 2.00. The molecule has 0 spiro atoms. The number of hydrogen-bond acceptors (Lipinski definition) is 7. The maximum atomic E-state index is 11.9. The van der Waals surface area contributed by atoms with Crippen molar-refractivity contribution < 1.29 is 14.3 Å². The number of carbonyl (C=O) groups excluding carboxylic acids is 2. The van der Waals surface area contributed by atoms with Crippen LogP contribution in [0, 0.1) is 6.92 Å². The molecule has 9 heteroatoms. The second-order valence-corrected chi connectivity index (χ2v) is 6.44. The molecule has 2 aromatic heterocycles. The van der Waals surface area contributed by atoms with E-state index in [4.69, 9.17) is 4.74 Å². The number of nitrogens with one attached hydrogen (secondary N) is 2. The number of hydrogen-bond donors (Lipinski definition) is 2. The first-order valence-electron chi connectivity index (χ1n) is 6.17. The Morgan fingerprint density at radius 2 is 2.19 bits per heavy atom. The molecule has 112 valence electrons. The number of ether oxygens (including phenoxy) is 1. The van der Waals surface area contributed by atoms with Gasteiger partial charge in [-0.1, -0.05) is 18.3 Å². The Morgan fingerprint density at radius 1 is 1.38 bits per heavy atom. The third-order valence-electron chi connectivity index (χ3n) is 2.45. The van der Waals surface area contributed by atoms with E-state index in [9.17, 15) is 9.59 Å². The van der Waals surface area contributed by atoms with Crippen molar-refractivity contribution >= 4 is 46.0 Å². The maximum Gasteiger partial charge on any atom is 0.325 e. The summed E-state index contributed by atoms with van der Waals surface area (Å²) < 4.78 is 4.73. The molecule has 0 unspecified atom stereocenters. The molecule has 21 heavy (non-hydrogen) atoms. The van der Waals surface area contributed by atoms with Crippen molar-refractivity contribution in [2.75, 3.05) is 10.6 Å². The molecule has 0 aliphatic carbocycles. The molecular weight excluding hydrogens is 312 g/mol. The summed E-state index contributed by atoms with van der Waals surface area (Å²) in [5.41, 5.74) is 0.622. The van der Waals surface area contributed by atoms with Gasteiger partial charge in [-0.15, -0.1) is 21.5 Å². The van der Waals surface area contributed by atoms with E-state index in [0.29, 0.717) is 17.3 Å². The first kappa shape index (κ1) is 15.4. The highest BCUT2D eigenvalue weighted by Gasteiger charge is 2.12. The molecule has 0 aromatic carbocycles. The van der Waals surface area contributed by atoms with E-state index in [0.717, 1.165) is 21.2 Å². The number of aryl methyl sites for hydroxylation is 2. The van der Waals surface area contributed by atoms with Crippen molar-refractivity contribution in [3.8, 4) is 0 Å². The summed E-state index contributed by atoms with van der Waals surface area (Å²) in [5.74, 6) is 0. The molecule has 0 fully saturated rings. The summed E-state index contributed by atoms with van der Waals surface area (Å²) in [6.45, 7) is 4.40. The minimum atomic E-state index is -0.404. The molecule has 0 bridgehead atoms. The second kappa shape index (κ2) is 7.14. The monoisotopic (exact) mass is 326 g/mol. The quantitative estimate of drug-likeness (QED) is 0.796. The van der Waals surface area contributed by atoms with Gasteiger partial charge in [0.05, 0.1) is 10.6 Å². The highest BCUT2D eigenvalue weighted by molar-refractivity contribution is 7.15. The highest BCUT2D eigenvalue weighted by atomic mass is 32.1. The predicted molar refractivity (Wildman–Crippen MR) is 81.8 cm³/mol. The van der Waals surface area contributed by atoms with Gasteiger partial charge in [-0.3, -0.25) is 10.1 Å². The van der Waals surface area contributed by atoms with Crippen LogP contribution in [0.4, 0.5) is 15.6 Å². The summed E-state index contributed by atoms with van der Waals surface area (Å²) in [4.78, 5) is 24.0. The van der Waals surface area contributed by atoms with E-state index in [-0.39, 0.29) is 6.61 Å². The summed E-state index contributed by atoms with van der Waals surface area (Å²) in [5, 5.41) is 14.5. The van der Waals surface area contributed by atoms with Crippen molar-refractivity contribution in [2.24, 2.45) is 0 Å². The van der Waals surface area contributed by atoms with Crippen LogP contribution in [0.3, 0.4) is 0 Å². The van der Waals surface area contributed by atoms with Gasteiger partial charge in [0.1, 0.15) is 11.6 Å². The van der Waals surface area contributed by atoms with Gasteiger partial charge in [-0.05, 0) is 19.4 Å². The van der Waals surface area contributed by atoms with Gasteiger partial charge in [0.25, 0.3) is 6.47 Å². The number of rotatable bonds is 6. The lowest BCUT2D eigenvalue weighted by atomic mass is 10.3. The lowest BCUT2D eigenvalue weighted by molar-refractivity contribution is -0.129. The molecule has 2 aromatic rings. The molecule has 7 nitrogen and oxygen atoms in total. The molecule has 0 aliphatic rings. The van der Waals surface area contributed by atoms with E-state index in [1.54, 1.807) is 0 Å². The Hall–Kier alpha value is -2.00. The van der Waals surface area contributed by atoms with Gasteiger partial charge < -0.3 is 10.1 Å². The molecule has 0 radical (unpaired) electrons. The number of carbonyl (C=O) groups is 2. The Morgan fingerprint density at radius 3 is 2.86 bits per heavy atom. The maximum absolute atomic E-state index is 11.9. The van der Waals surface area contributed by atoms with Crippen LogP contribution in [0.5, 0.6) is 0 Å². The summed E-state index contributed by atoms with van der Waals surface area (Å²) in [7, 11) is 0. The zero-order chi connectivity index (χ0) is 15.2. The molecule has 2 rings (SSSR count). The van der Waals surface area contributed by atoms with E-state index in [1.807, 2.05) is 19.9 Å². The second-order valence-electron chi connectivity index (χ2n) is 4.03. The number of amides is 2. The number of anilines is 2. The number of aromatic nitrogens is 2. The van der Waals surface area contributed by atoms with E-state index in [1.165, 1.54) is 22.7 Å². The number of thiophene rings is 1. The van der Waals surface area contributed by atoms with Crippen molar-refractivity contribution in [3.05, 3.63) is 20.8 Å². The van der Waals surface area contributed by atoms with E-state index < -0.39 is 6.03 Å². The Bertz CT molecular complexity index is 638. The molecule has 0 saturated carbocycles. The van der Waals surface area contributed by atoms with Crippen LogP contribution in [0.2, 0.25) is 0 Å². The van der Waals surface area contributed by atoms with Crippen molar-refractivity contribution in [2.45, 2.75) is 26.9 Å². The van der Waals surface area contributed by atoms with Crippen molar-refractivity contribution in [1.82, 2.24) is 10.2 Å². The normalized spacial score (nSPS) is 10.2. The van der Waals surface area contributed by atoms with Crippen LogP contribution >= 0.6 is 22.7 Å². The van der Waals surface area contributed by atoms with Crippen LogP contribution in [-0.4, -0.2) is 22.7 Å². The zero-order valence-corrected chi connectivity index (χ0v) is 13.1. The Kier molecular flexibility index (Phi) is 5.23. The fraction of sp³-hybridized carbons (Fsp3) is 0.333. The minimum absolute atomic E-state index is 0.135. The van der Waals surface area contributed by atoms with E-state index in [2.05, 4.69) is 20.8 Å². The minimum Gasteiger partial charge on any atom is -0.462 e. The lowest BCUT2D eigenvalue weighted by Gasteiger charge is -2.05. The highest BCUT2D eigenvalue weighted by Crippen LogP contribution is 2.27. The van der Waals surface area contributed by atoms with Gasteiger partial charge in [0.15, 0.2) is 0 Å². The van der Waals surface area contributed by atoms with Gasteiger partial charge in [-0.2, -0.15) is 0 Å². The smallest absolute Gasteiger partial charge is 0.325 e. The first-order valence-corrected chi connectivity index (χ1v) is 7.80. The predicted octanol–water partition coefficient (Wildman–Crippen LogP) is 2.79. The zero-order valence-electron chi connectivity index (χ0n) is 11.5. The van der Waals surface area contributed by atoms with Crippen LogP contribution in [-0.2, 0) is 22.6 Å². The fourth-order valence-corrected chi connectivity index (χ4v) is 3.17. The molecule has 2 N–H and O–H groups in total. The Labute approximate surface area is 129 Å². The summed E-state index contributed by atoms with van der Waals surface area (Å²) >= 11 is 2.79. The number of urea groups is 1. The van der Waals surface area contributed by atoms with E-state index >= 15 is 0 Å². The largest absolute Gasteiger partial charge is 0.462 e. The molecular formula is C12H14N4O3S2. The topological polar surface area (TPSA) is 93.2 Å². The average Bonchev–Trinajstić information content (AvgIpc) is 3.03. The SMILES string of the molecule is CCc1nnc(NC(=O)Nc2cc(C)sc2COC=O)s1. The first-order chi connectivity index (χ1) is 10.1. The molecule has 0 atom stereocenters. The molecule has 2 heterocycles. The van der Waals surface area contributed by atoms with Gasteiger partial charge in [0, 0.05) is 4.88 Å². The number of nitrogens with zero attached hydrogens (tertiary/aromatic N) is 2. The third kappa shape index (κ3) is 4.23. The van der Waals surface area contributed by atoms with Crippen LogP contribution in [0.1, 0.15) is 21.7 Å². The molecule has 0 saturated heterocycles. The third-order valence-corrected chi connectivity index (χ3v) is 4.46. The average molecular weight is 326 g/mol. The van der Waals surface area contributed by atoms with Gasteiger partial charge in [-0.25, -0.2) is 4.79 Å². The fourth-order valence-electron chi connectivity index (χ4n) is 1.58. The standard InChI is InChI=1S/C12H14N4O3S2/c1-3-10-15-16-12(21-10)14-11(18)13-8-4-7(2)20-9(8)5-19-6-17/h4,6H,3,5H2,1-2H3,(H2,13,14,16,18). The summed E-state index contributed by atoms with van der Waals surface area (Å²) in [6.07, 6.45) is 0.776. The molecule has 0 aliphatic heterocycles. The van der Waals surface area contributed by atoms with Gasteiger partial charge >= 0.3 is 6.03 Å². The lowest BCUT2D eigenvalue weighted by Crippen LogP contribution is -2.19. The molecule has 2 amide bonds. The van der Waals surface area contributed by atoms with Gasteiger partial charge in [0.2, 0.25) is 5.13 Å².